The van der Waals surface area contributed by atoms with Gasteiger partial charge in [-0.2, -0.15) is 13.2 Å². The van der Waals surface area contributed by atoms with Crippen molar-refractivity contribution in [2.75, 3.05) is 0 Å². The predicted molar refractivity (Wildman–Crippen MR) is 81.9 cm³/mol. The molecule has 4 nitrogen and oxygen atoms in total. The summed E-state index contributed by atoms with van der Waals surface area (Å²) in [6.07, 6.45) is 1.12. The van der Waals surface area contributed by atoms with Crippen LogP contribution in [0.5, 0.6) is 0 Å². The molecule has 3 unspecified atom stereocenters. The molecule has 2 heterocycles. The number of hydrogen-bond acceptors (Lipinski definition) is 4. The lowest BCUT2D eigenvalue weighted by Crippen LogP contribution is -2.47. The number of aliphatic hydroxyl groups is 1. The molecule has 2 N–H and O–H groups in total. The Balaban J connectivity index is 1.88. The lowest BCUT2D eigenvalue weighted by atomic mass is 9.78. The van der Waals surface area contributed by atoms with Crippen LogP contribution in [0.25, 0.3) is 0 Å². The highest BCUT2D eigenvalue weighted by atomic mass is 19.4. The molecule has 0 amide bonds. The van der Waals surface area contributed by atoms with Crippen molar-refractivity contribution in [1.82, 2.24) is 15.3 Å². The molecule has 1 aromatic carbocycles. The van der Waals surface area contributed by atoms with E-state index in [9.17, 15) is 18.3 Å². The molecule has 1 saturated heterocycles. The molecule has 1 fully saturated rings. The Morgan fingerprint density at radius 2 is 1.88 bits per heavy atom. The second-order valence-corrected chi connectivity index (χ2v) is 6.27. The van der Waals surface area contributed by atoms with Gasteiger partial charge in [0.2, 0.25) is 0 Å². The molecule has 0 saturated carbocycles. The molecule has 0 spiro atoms. The number of alkyl halides is 3. The van der Waals surface area contributed by atoms with Crippen LogP contribution in [0, 0.1) is 0 Å². The zero-order chi connectivity index (χ0) is 17.4. The Labute approximate surface area is 137 Å². The number of rotatable bonds is 2. The summed E-state index contributed by atoms with van der Waals surface area (Å²) in [7, 11) is 0. The highest BCUT2D eigenvalue weighted by Gasteiger charge is 2.40. The van der Waals surface area contributed by atoms with Gasteiger partial charge in [0, 0.05) is 31.1 Å². The van der Waals surface area contributed by atoms with E-state index in [1.165, 1.54) is 12.1 Å². The third kappa shape index (κ3) is 3.42. The second-order valence-electron chi connectivity index (χ2n) is 6.27. The van der Waals surface area contributed by atoms with E-state index in [0.717, 1.165) is 12.1 Å². The average molecular weight is 337 g/mol. The summed E-state index contributed by atoms with van der Waals surface area (Å²) < 4.78 is 38.1. The third-order valence-corrected chi connectivity index (χ3v) is 4.36. The van der Waals surface area contributed by atoms with E-state index in [-0.39, 0.29) is 12.1 Å². The van der Waals surface area contributed by atoms with Crippen molar-refractivity contribution < 1.29 is 18.3 Å². The minimum absolute atomic E-state index is 0.0157. The number of halogens is 3. The normalized spacial score (nSPS) is 27.9. The van der Waals surface area contributed by atoms with E-state index in [1.807, 2.05) is 6.92 Å². The number of nitrogens with one attached hydrogen (secondary N) is 1. The zero-order valence-corrected chi connectivity index (χ0v) is 13.1. The molecule has 0 radical (unpaired) electrons. The first-order valence-corrected chi connectivity index (χ1v) is 7.70. The van der Waals surface area contributed by atoms with Crippen molar-refractivity contribution in [3.63, 3.8) is 0 Å². The van der Waals surface area contributed by atoms with Gasteiger partial charge in [-0.3, -0.25) is 9.97 Å². The number of aromatic nitrogens is 2. The zero-order valence-electron chi connectivity index (χ0n) is 13.1. The maximum atomic E-state index is 12.7. The van der Waals surface area contributed by atoms with Gasteiger partial charge in [-0.25, -0.2) is 0 Å². The Hall–Kier alpha value is -1.99. The molecule has 2 aromatic rings. The van der Waals surface area contributed by atoms with E-state index < -0.39 is 17.3 Å². The molecule has 7 heteroatoms. The largest absolute Gasteiger partial charge is 0.416 e. The van der Waals surface area contributed by atoms with E-state index in [0.29, 0.717) is 24.1 Å². The lowest BCUT2D eigenvalue weighted by molar-refractivity contribution is -0.137. The SMILES string of the molecule is CC1CC(O)(c2ccc(C(F)(F)F)cc2)CC(c2cnccn2)N1. The van der Waals surface area contributed by atoms with Crippen molar-refractivity contribution in [3.05, 3.63) is 59.7 Å². The summed E-state index contributed by atoms with van der Waals surface area (Å²) in [6.45, 7) is 1.93. The van der Waals surface area contributed by atoms with Crippen LogP contribution in [0.15, 0.2) is 42.9 Å². The molecule has 1 aliphatic rings. The number of nitrogens with zero attached hydrogens (tertiary/aromatic N) is 2. The fourth-order valence-corrected chi connectivity index (χ4v) is 3.27. The van der Waals surface area contributed by atoms with E-state index in [2.05, 4.69) is 15.3 Å². The van der Waals surface area contributed by atoms with Crippen LogP contribution < -0.4 is 5.32 Å². The monoisotopic (exact) mass is 337 g/mol. The maximum Gasteiger partial charge on any atom is 0.416 e. The van der Waals surface area contributed by atoms with Crippen molar-refractivity contribution >= 4 is 0 Å². The maximum absolute atomic E-state index is 12.7. The lowest BCUT2D eigenvalue weighted by Gasteiger charge is -2.41. The Bertz CT molecular complexity index is 690. The number of benzene rings is 1. The van der Waals surface area contributed by atoms with Crippen molar-refractivity contribution in [1.29, 1.82) is 0 Å². The van der Waals surface area contributed by atoms with E-state index in [1.54, 1.807) is 18.6 Å². The summed E-state index contributed by atoms with van der Waals surface area (Å²) in [5.41, 5.74) is -0.744. The van der Waals surface area contributed by atoms with Gasteiger partial charge in [0.25, 0.3) is 0 Å². The highest BCUT2D eigenvalue weighted by molar-refractivity contribution is 5.30. The first-order chi connectivity index (χ1) is 11.3. The summed E-state index contributed by atoms with van der Waals surface area (Å²) in [5, 5.41) is 14.4. The molecular formula is C17H18F3N3O. The van der Waals surface area contributed by atoms with Gasteiger partial charge >= 0.3 is 6.18 Å². The van der Waals surface area contributed by atoms with Crippen LogP contribution in [-0.2, 0) is 11.8 Å². The molecule has 0 bridgehead atoms. The van der Waals surface area contributed by atoms with Crippen LogP contribution in [-0.4, -0.2) is 21.1 Å². The topological polar surface area (TPSA) is 58.0 Å². The number of hydrogen-bond donors (Lipinski definition) is 2. The standard InChI is InChI=1S/C17H18F3N3O/c1-11-8-16(24,9-14(23-11)15-10-21-6-7-22-15)12-2-4-13(5-3-12)17(18,19)20/h2-7,10-11,14,23-24H,8-9H2,1H3. The molecule has 1 aromatic heterocycles. The Morgan fingerprint density at radius 3 is 2.46 bits per heavy atom. The molecule has 3 atom stereocenters. The van der Waals surface area contributed by atoms with E-state index >= 15 is 0 Å². The average Bonchev–Trinajstić information content (AvgIpc) is 2.54. The fourth-order valence-electron chi connectivity index (χ4n) is 3.27. The first kappa shape index (κ1) is 16.9. The molecule has 128 valence electrons. The minimum atomic E-state index is -4.38. The van der Waals surface area contributed by atoms with Crippen LogP contribution in [0.4, 0.5) is 13.2 Å². The van der Waals surface area contributed by atoms with Gasteiger partial charge in [-0.05, 0) is 31.0 Å². The van der Waals surface area contributed by atoms with Crippen molar-refractivity contribution in [3.8, 4) is 0 Å². The smallest absolute Gasteiger partial charge is 0.385 e. The van der Waals surface area contributed by atoms with Crippen molar-refractivity contribution in [2.45, 2.75) is 43.6 Å². The van der Waals surface area contributed by atoms with Gasteiger partial charge in [0.1, 0.15) is 0 Å². The Kier molecular flexibility index (Phi) is 4.31. The fraction of sp³-hybridized carbons (Fsp3) is 0.412. The second kappa shape index (κ2) is 6.14. The van der Waals surface area contributed by atoms with Crippen molar-refractivity contribution in [2.24, 2.45) is 0 Å². The van der Waals surface area contributed by atoms with Crippen LogP contribution in [0.3, 0.4) is 0 Å². The van der Waals surface area contributed by atoms with Crippen LogP contribution >= 0.6 is 0 Å². The summed E-state index contributed by atoms with van der Waals surface area (Å²) in [4.78, 5) is 8.29. The Morgan fingerprint density at radius 1 is 1.17 bits per heavy atom. The molecule has 24 heavy (non-hydrogen) atoms. The molecular weight excluding hydrogens is 319 g/mol. The highest BCUT2D eigenvalue weighted by Crippen LogP contribution is 2.40. The predicted octanol–water partition coefficient (Wildman–Crippen LogP) is 3.20. The minimum Gasteiger partial charge on any atom is -0.385 e. The van der Waals surface area contributed by atoms with Gasteiger partial charge in [0.15, 0.2) is 0 Å². The molecule has 1 aliphatic heterocycles. The quantitative estimate of drug-likeness (QED) is 0.884. The summed E-state index contributed by atoms with van der Waals surface area (Å²) >= 11 is 0. The summed E-state index contributed by atoms with van der Waals surface area (Å²) in [5.74, 6) is 0. The van der Waals surface area contributed by atoms with Gasteiger partial charge in [0.05, 0.1) is 22.9 Å². The first-order valence-electron chi connectivity index (χ1n) is 7.70. The summed E-state index contributed by atoms with van der Waals surface area (Å²) in [6, 6.07) is 4.51. The van der Waals surface area contributed by atoms with Gasteiger partial charge in [-0.15, -0.1) is 0 Å². The van der Waals surface area contributed by atoms with Gasteiger partial charge in [-0.1, -0.05) is 12.1 Å². The van der Waals surface area contributed by atoms with Crippen LogP contribution in [0.2, 0.25) is 0 Å². The third-order valence-electron chi connectivity index (χ3n) is 4.36. The van der Waals surface area contributed by atoms with Gasteiger partial charge < -0.3 is 10.4 Å². The van der Waals surface area contributed by atoms with Crippen LogP contribution in [0.1, 0.15) is 42.6 Å². The number of piperidine rings is 1. The molecule has 0 aliphatic carbocycles. The van der Waals surface area contributed by atoms with E-state index in [4.69, 9.17) is 0 Å². The molecule has 3 rings (SSSR count).